The van der Waals surface area contributed by atoms with E-state index in [2.05, 4.69) is 5.32 Å². The minimum atomic E-state index is -0.884. The SMILES string of the molecule is Cc1sc(=O)n(CC(=O)NCCCC(=O)O)c1C. The molecule has 1 aromatic rings. The number of aryl methyl sites for hydroxylation is 1. The van der Waals surface area contributed by atoms with Crippen LogP contribution in [0.4, 0.5) is 0 Å². The van der Waals surface area contributed by atoms with Gasteiger partial charge in [-0.1, -0.05) is 11.3 Å². The number of rotatable bonds is 6. The molecule has 0 unspecified atom stereocenters. The Morgan fingerprint density at radius 2 is 2.06 bits per heavy atom. The summed E-state index contributed by atoms with van der Waals surface area (Å²) in [5, 5.41) is 11.0. The van der Waals surface area contributed by atoms with Gasteiger partial charge in [-0.05, 0) is 20.3 Å². The van der Waals surface area contributed by atoms with Crippen molar-refractivity contribution in [2.75, 3.05) is 6.54 Å². The zero-order valence-electron chi connectivity index (χ0n) is 10.4. The van der Waals surface area contributed by atoms with Crippen LogP contribution in [0.15, 0.2) is 4.79 Å². The molecule has 2 N–H and O–H groups in total. The maximum absolute atomic E-state index is 11.6. The Kier molecular flexibility index (Phi) is 5.08. The lowest BCUT2D eigenvalue weighted by Crippen LogP contribution is -2.31. The highest BCUT2D eigenvalue weighted by Crippen LogP contribution is 2.08. The predicted octanol–water partition coefficient (Wildman–Crippen LogP) is 0.508. The summed E-state index contributed by atoms with van der Waals surface area (Å²) >= 11 is 1.12. The fraction of sp³-hybridized carbons (Fsp3) is 0.545. The maximum Gasteiger partial charge on any atom is 0.308 e. The molecule has 7 heteroatoms. The van der Waals surface area contributed by atoms with Gasteiger partial charge in [0.15, 0.2) is 0 Å². The van der Waals surface area contributed by atoms with E-state index in [0.717, 1.165) is 21.9 Å². The van der Waals surface area contributed by atoms with Gasteiger partial charge in [0.25, 0.3) is 0 Å². The second kappa shape index (κ2) is 6.34. The lowest BCUT2D eigenvalue weighted by molar-refractivity contribution is -0.137. The van der Waals surface area contributed by atoms with Crippen LogP contribution in [-0.4, -0.2) is 28.1 Å². The third kappa shape index (κ3) is 3.99. The molecule has 100 valence electrons. The van der Waals surface area contributed by atoms with Gasteiger partial charge in [-0.3, -0.25) is 19.0 Å². The van der Waals surface area contributed by atoms with Crippen molar-refractivity contribution >= 4 is 23.2 Å². The second-order valence-electron chi connectivity index (χ2n) is 3.94. The molecule has 0 saturated carbocycles. The molecule has 1 amide bonds. The topological polar surface area (TPSA) is 88.4 Å². The van der Waals surface area contributed by atoms with Gasteiger partial charge in [0.05, 0.1) is 0 Å². The summed E-state index contributed by atoms with van der Waals surface area (Å²) in [7, 11) is 0. The monoisotopic (exact) mass is 272 g/mol. The number of amides is 1. The Morgan fingerprint density at radius 1 is 1.39 bits per heavy atom. The van der Waals surface area contributed by atoms with Crippen molar-refractivity contribution in [1.29, 1.82) is 0 Å². The van der Waals surface area contributed by atoms with Crippen LogP contribution in [0.2, 0.25) is 0 Å². The van der Waals surface area contributed by atoms with Crippen LogP contribution in [0, 0.1) is 13.8 Å². The van der Waals surface area contributed by atoms with Crippen LogP contribution in [0.3, 0.4) is 0 Å². The van der Waals surface area contributed by atoms with Crippen molar-refractivity contribution in [1.82, 2.24) is 9.88 Å². The number of hydrogen-bond acceptors (Lipinski definition) is 4. The molecule has 1 aromatic heterocycles. The zero-order valence-corrected chi connectivity index (χ0v) is 11.2. The average molecular weight is 272 g/mol. The molecule has 0 aromatic carbocycles. The number of carboxylic acid groups (broad SMARTS) is 1. The van der Waals surface area contributed by atoms with Gasteiger partial charge in [0, 0.05) is 23.5 Å². The highest BCUT2D eigenvalue weighted by Gasteiger charge is 2.10. The number of aliphatic carboxylic acids is 1. The molecule has 0 aliphatic carbocycles. The highest BCUT2D eigenvalue weighted by molar-refractivity contribution is 7.09. The molecule has 0 aliphatic heterocycles. The summed E-state index contributed by atoms with van der Waals surface area (Å²) in [5.41, 5.74) is 0.797. The first kappa shape index (κ1) is 14.4. The van der Waals surface area contributed by atoms with E-state index in [-0.39, 0.29) is 23.7 Å². The van der Waals surface area contributed by atoms with Gasteiger partial charge >= 0.3 is 10.8 Å². The largest absolute Gasteiger partial charge is 0.481 e. The Bertz CT molecular complexity index is 504. The van der Waals surface area contributed by atoms with Crippen LogP contribution in [0.5, 0.6) is 0 Å². The van der Waals surface area contributed by atoms with Crippen LogP contribution in [-0.2, 0) is 16.1 Å². The summed E-state index contributed by atoms with van der Waals surface area (Å²) in [6.07, 6.45) is 0.411. The van der Waals surface area contributed by atoms with E-state index in [1.54, 1.807) is 6.92 Å². The number of aromatic nitrogens is 1. The van der Waals surface area contributed by atoms with E-state index < -0.39 is 5.97 Å². The molecule has 0 fully saturated rings. The number of thiazole rings is 1. The lowest BCUT2D eigenvalue weighted by atomic mass is 10.3. The number of nitrogens with zero attached hydrogens (tertiary/aromatic N) is 1. The summed E-state index contributed by atoms with van der Waals surface area (Å²) in [6, 6.07) is 0. The molecule has 18 heavy (non-hydrogen) atoms. The molecule has 0 aliphatic rings. The first-order chi connectivity index (χ1) is 8.41. The van der Waals surface area contributed by atoms with Crippen molar-refractivity contribution in [2.45, 2.75) is 33.2 Å². The van der Waals surface area contributed by atoms with Gasteiger partial charge in [-0.15, -0.1) is 0 Å². The first-order valence-corrected chi connectivity index (χ1v) is 6.38. The van der Waals surface area contributed by atoms with Crippen LogP contribution >= 0.6 is 11.3 Å². The summed E-state index contributed by atoms with van der Waals surface area (Å²) in [4.78, 5) is 34.1. The number of hydrogen-bond donors (Lipinski definition) is 2. The Morgan fingerprint density at radius 3 is 2.56 bits per heavy atom. The van der Waals surface area contributed by atoms with Gasteiger partial charge in [0.2, 0.25) is 5.91 Å². The minimum Gasteiger partial charge on any atom is -0.481 e. The standard InChI is InChI=1S/C11H16N2O4S/c1-7-8(2)18-11(17)13(7)6-9(14)12-5-3-4-10(15)16/h3-6H2,1-2H3,(H,12,14)(H,15,16). The fourth-order valence-electron chi connectivity index (χ4n) is 1.44. The maximum atomic E-state index is 11.6. The normalized spacial score (nSPS) is 10.3. The second-order valence-corrected chi connectivity index (χ2v) is 5.11. The van der Waals surface area contributed by atoms with Crippen molar-refractivity contribution in [3.63, 3.8) is 0 Å². The fourth-order valence-corrected chi connectivity index (χ4v) is 2.27. The molecule has 0 saturated heterocycles. The van der Waals surface area contributed by atoms with Crippen molar-refractivity contribution in [3.05, 3.63) is 20.2 Å². The van der Waals surface area contributed by atoms with Crippen LogP contribution in [0.25, 0.3) is 0 Å². The number of carbonyl (C=O) groups is 2. The van der Waals surface area contributed by atoms with Crippen molar-refractivity contribution < 1.29 is 14.7 Å². The van der Waals surface area contributed by atoms with E-state index in [1.807, 2.05) is 6.92 Å². The summed E-state index contributed by atoms with van der Waals surface area (Å²) in [6.45, 7) is 3.93. The zero-order chi connectivity index (χ0) is 13.7. The van der Waals surface area contributed by atoms with Gasteiger partial charge in [0.1, 0.15) is 6.54 Å². The Hall–Kier alpha value is -1.63. The minimum absolute atomic E-state index is 0.0118. The summed E-state index contributed by atoms with van der Waals surface area (Å²) in [5.74, 6) is -1.16. The number of nitrogens with one attached hydrogen (secondary N) is 1. The van der Waals surface area contributed by atoms with E-state index >= 15 is 0 Å². The summed E-state index contributed by atoms with van der Waals surface area (Å²) < 4.78 is 1.42. The molecule has 0 atom stereocenters. The highest BCUT2D eigenvalue weighted by atomic mass is 32.1. The van der Waals surface area contributed by atoms with Gasteiger partial charge < -0.3 is 10.4 Å². The van der Waals surface area contributed by atoms with Crippen LogP contribution < -0.4 is 10.2 Å². The molecule has 0 spiro atoms. The molecular weight excluding hydrogens is 256 g/mol. The van der Waals surface area contributed by atoms with E-state index in [1.165, 1.54) is 4.57 Å². The van der Waals surface area contributed by atoms with E-state index in [9.17, 15) is 14.4 Å². The lowest BCUT2D eigenvalue weighted by Gasteiger charge is -2.06. The third-order valence-corrected chi connectivity index (χ3v) is 3.56. The molecular formula is C11H16N2O4S. The van der Waals surface area contributed by atoms with Gasteiger partial charge in [-0.2, -0.15) is 0 Å². The Balaban J connectivity index is 2.45. The first-order valence-electron chi connectivity index (χ1n) is 5.57. The number of carbonyl (C=O) groups excluding carboxylic acids is 1. The third-order valence-electron chi connectivity index (χ3n) is 2.57. The molecule has 1 heterocycles. The van der Waals surface area contributed by atoms with Crippen molar-refractivity contribution in [3.8, 4) is 0 Å². The van der Waals surface area contributed by atoms with Crippen molar-refractivity contribution in [2.24, 2.45) is 0 Å². The Labute approximate surface area is 108 Å². The predicted molar refractivity (Wildman–Crippen MR) is 67.9 cm³/mol. The van der Waals surface area contributed by atoms with E-state index in [4.69, 9.17) is 5.11 Å². The van der Waals surface area contributed by atoms with Crippen LogP contribution in [0.1, 0.15) is 23.4 Å². The smallest absolute Gasteiger partial charge is 0.308 e. The molecule has 0 radical (unpaired) electrons. The van der Waals surface area contributed by atoms with E-state index in [0.29, 0.717) is 13.0 Å². The average Bonchev–Trinajstić information content (AvgIpc) is 2.51. The molecule has 0 bridgehead atoms. The van der Waals surface area contributed by atoms with Gasteiger partial charge in [-0.25, -0.2) is 0 Å². The molecule has 1 rings (SSSR count). The molecule has 6 nitrogen and oxygen atoms in total. The quantitative estimate of drug-likeness (QED) is 0.738. The number of carboxylic acids is 1.